The summed E-state index contributed by atoms with van der Waals surface area (Å²) in [5.74, 6) is 1.47. The molecule has 0 radical (unpaired) electrons. The highest BCUT2D eigenvalue weighted by Gasteiger charge is 2.38. The topological polar surface area (TPSA) is 50.8 Å². The molecule has 24 heavy (non-hydrogen) atoms. The van der Waals surface area contributed by atoms with E-state index in [-0.39, 0.29) is 18.1 Å². The van der Waals surface area contributed by atoms with Crippen LogP contribution in [-0.2, 0) is 0 Å². The highest BCUT2D eigenvalue weighted by Crippen LogP contribution is 2.33. The first-order valence-corrected chi connectivity index (χ1v) is 8.10. The van der Waals surface area contributed by atoms with Crippen LogP contribution in [0.1, 0.15) is 10.4 Å². The molecule has 5 nitrogen and oxygen atoms in total. The van der Waals surface area contributed by atoms with Crippen LogP contribution in [0.4, 0.5) is 0 Å². The Morgan fingerprint density at radius 1 is 1.17 bits per heavy atom. The lowest BCUT2D eigenvalue weighted by Gasteiger charge is -2.24. The van der Waals surface area contributed by atoms with Gasteiger partial charge in [0, 0.05) is 20.1 Å². The number of methoxy groups -OCH3 is 1. The van der Waals surface area contributed by atoms with Crippen molar-refractivity contribution >= 4 is 5.91 Å². The lowest BCUT2D eigenvalue weighted by atomic mass is 10.0. The molecule has 2 aliphatic heterocycles. The fourth-order valence-electron chi connectivity index (χ4n) is 3.43. The van der Waals surface area contributed by atoms with Gasteiger partial charge in [0.1, 0.15) is 17.6 Å². The van der Waals surface area contributed by atoms with Crippen molar-refractivity contribution in [1.29, 1.82) is 0 Å². The number of benzene rings is 2. The molecule has 2 aromatic rings. The molecule has 4 rings (SSSR count). The van der Waals surface area contributed by atoms with Gasteiger partial charge in [-0.25, -0.2) is 0 Å². The molecular formula is C19H20N2O3. The number of hydrogen-bond acceptors (Lipinski definition) is 4. The molecule has 2 atom stereocenters. The maximum atomic E-state index is 12.7. The predicted octanol–water partition coefficient (Wildman–Crippen LogP) is 2.17. The minimum Gasteiger partial charge on any atom is -0.497 e. The fraction of sp³-hybridized carbons (Fsp3) is 0.316. The van der Waals surface area contributed by atoms with Crippen LogP contribution in [0.3, 0.4) is 0 Å². The Hall–Kier alpha value is -2.53. The number of amides is 1. The molecule has 2 heterocycles. The van der Waals surface area contributed by atoms with E-state index in [0.29, 0.717) is 11.3 Å². The van der Waals surface area contributed by atoms with Crippen LogP contribution in [-0.4, -0.2) is 50.2 Å². The van der Waals surface area contributed by atoms with Crippen molar-refractivity contribution in [2.45, 2.75) is 12.1 Å². The van der Waals surface area contributed by atoms with Crippen LogP contribution >= 0.6 is 0 Å². The Bertz CT molecular complexity index is 790. The third-order valence-corrected chi connectivity index (χ3v) is 4.84. The van der Waals surface area contributed by atoms with E-state index in [0.717, 1.165) is 30.0 Å². The summed E-state index contributed by atoms with van der Waals surface area (Å²) in [5, 5.41) is 3.30. The van der Waals surface area contributed by atoms with Gasteiger partial charge in [-0.1, -0.05) is 18.2 Å². The van der Waals surface area contributed by atoms with Crippen LogP contribution in [0.15, 0.2) is 42.5 Å². The molecule has 1 saturated heterocycles. The average molecular weight is 324 g/mol. The largest absolute Gasteiger partial charge is 0.497 e. The lowest BCUT2D eigenvalue weighted by Crippen LogP contribution is -2.44. The molecule has 0 aliphatic carbocycles. The van der Waals surface area contributed by atoms with Gasteiger partial charge in [-0.15, -0.1) is 0 Å². The van der Waals surface area contributed by atoms with Crippen molar-refractivity contribution in [2.24, 2.45) is 0 Å². The molecule has 124 valence electrons. The third-order valence-electron chi connectivity index (χ3n) is 4.84. The van der Waals surface area contributed by atoms with Gasteiger partial charge in [-0.3, -0.25) is 4.79 Å². The first-order chi connectivity index (χ1) is 11.7. The maximum Gasteiger partial charge on any atom is 0.257 e. The summed E-state index contributed by atoms with van der Waals surface area (Å²) in [7, 11) is 3.50. The van der Waals surface area contributed by atoms with Gasteiger partial charge in [-0.2, -0.15) is 0 Å². The summed E-state index contributed by atoms with van der Waals surface area (Å²) >= 11 is 0. The number of nitrogens with zero attached hydrogens (tertiary/aromatic N) is 1. The second-order valence-electron chi connectivity index (χ2n) is 6.24. The number of likely N-dealkylation sites (N-methyl/N-ethyl adjacent to an activating group) is 1. The Morgan fingerprint density at radius 2 is 2.00 bits per heavy atom. The molecule has 0 aromatic heterocycles. The Labute approximate surface area is 141 Å². The zero-order valence-corrected chi connectivity index (χ0v) is 13.8. The Morgan fingerprint density at radius 3 is 2.83 bits per heavy atom. The van der Waals surface area contributed by atoms with Crippen LogP contribution < -0.4 is 14.8 Å². The zero-order valence-electron chi connectivity index (χ0n) is 13.8. The van der Waals surface area contributed by atoms with Gasteiger partial charge in [0.25, 0.3) is 5.91 Å². The highest BCUT2D eigenvalue weighted by molar-refractivity contribution is 5.98. The standard InChI is InChI=1S/C19H20N2O3/c1-21-16-10-20-11-18(16)24-17-9-13(6-7-15(17)19(21)22)12-4-3-5-14(8-12)23-2/h3-9,16,18,20H,10-11H2,1-2H3. The number of rotatable bonds is 2. The van der Waals surface area contributed by atoms with Crippen LogP contribution in [0.25, 0.3) is 11.1 Å². The SMILES string of the molecule is COc1cccc(-c2ccc3c(c2)OC2CNCC2N(C)C3=O)c1. The molecule has 0 bridgehead atoms. The fourth-order valence-corrected chi connectivity index (χ4v) is 3.43. The van der Waals surface area contributed by atoms with Crippen molar-refractivity contribution in [3.63, 3.8) is 0 Å². The van der Waals surface area contributed by atoms with Crippen molar-refractivity contribution in [2.75, 3.05) is 27.2 Å². The molecular weight excluding hydrogens is 304 g/mol. The van der Waals surface area contributed by atoms with Gasteiger partial charge in [0.15, 0.2) is 0 Å². The predicted molar refractivity (Wildman–Crippen MR) is 91.6 cm³/mol. The van der Waals surface area contributed by atoms with Crippen LogP contribution in [0, 0.1) is 0 Å². The van der Waals surface area contributed by atoms with E-state index >= 15 is 0 Å². The van der Waals surface area contributed by atoms with E-state index in [4.69, 9.17) is 9.47 Å². The first-order valence-electron chi connectivity index (χ1n) is 8.10. The van der Waals surface area contributed by atoms with Crippen LogP contribution in [0.2, 0.25) is 0 Å². The van der Waals surface area contributed by atoms with Gasteiger partial charge in [0.2, 0.25) is 0 Å². The van der Waals surface area contributed by atoms with E-state index in [2.05, 4.69) is 5.32 Å². The highest BCUT2D eigenvalue weighted by atomic mass is 16.5. The third kappa shape index (κ3) is 2.41. The Balaban J connectivity index is 1.76. The summed E-state index contributed by atoms with van der Waals surface area (Å²) in [5.41, 5.74) is 2.66. The second-order valence-corrected chi connectivity index (χ2v) is 6.24. The molecule has 1 amide bonds. The van der Waals surface area contributed by atoms with E-state index in [1.54, 1.807) is 12.0 Å². The number of carbonyl (C=O) groups excluding carboxylic acids is 1. The molecule has 0 saturated carbocycles. The molecule has 2 unspecified atom stereocenters. The molecule has 5 heteroatoms. The second kappa shape index (κ2) is 5.83. The Kier molecular flexibility index (Phi) is 3.65. The van der Waals surface area contributed by atoms with Gasteiger partial charge in [-0.05, 0) is 35.4 Å². The minimum absolute atomic E-state index is 0.0124. The van der Waals surface area contributed by atoms with Gasteiger partial charge < -0.3 is 19.7 Å². The minimum atomic E-state index is -0.0132. The molecule has 2 aromatic carbocycles. The normalized spacial score (nSPS) is 22.4. The summed E-state index contributed by atoms with van der Waals surface area (Å²) in [4.78, 5) is 14.5. The molecule has 1 N–H and O–H groups in total. The lowest BCUT2D eigenvalue weighted by molar-refractivity contribution is 0.0683. The number of hydrogen-bond donors (Lipinski definition) is 1. The monoisotopic (exact) mass is 324 g/mol. The maximum absolute atomic E-state index is 12.7. The quantitative estimate of drug-likeness (QED) is 0.920. The summed E-state index contributed by atoms with van der Waals surface area (Å²) < 4.78 is 11.5. The molecule has 1 fully saturated rings. The average Bonchev–Trinajstić information content (AvgIpc) is 3.05. The van der Waals surface area contributed by atoms with E-state index in [1.165, 1.54) is 0 Å². The summed E-state index contributed by atoms with van der Waals surface area (Å²) in [6, 6.07) is 13.7. The van der Waals surface area contributed by atoms with Crippen molar-refractivity contribution in [3.8, 4) is 22.6 Å². The van der Waals surface area contributed by atoms with E-state index < -0.39 is 0 Å². The molecule has 2 aliphatic rings. The zero-order chi connectivity index (χ0) is 16.7. The van der Waals surface area contributed by atoms with Gasteiger partial charge in [0.05, 0.1) is 18.7 Å². The van der Waals surface area contributed by atoms with Crippen LogP contribution in [0.5, 0.6) is 11.5 Å². The van der Waals surface area contributed by atoms with Gasteiger partial charge >= 0.3 is 0 Å². The number of fused-ring (bicyclic) bond motifs is 2. The van der Waals surface area contributed by atoms with E-state index in [9.17, 15) is 4.79 Å². The number of carbonyl (C=O) groups is 1. The number of nitrogens with one attached hydrogen (secondary N) is 1. The first kappa shape index (κ1) is 15.0. The van der Waals surface area contributed by atoms with Crippen molar-refractivity contribution in [3.05, 3.63) is 48.0 Å². The van der Waals surface area contributed by atoms with Crippen molar-refractivity contribution in [1.82, 2.24) is 10.2 Å². The number of ether oxygens (including phenoxy) is 2. The summed E-state index contributed by atoms with van der Waals surface area (Å²) in [6.07, 6.45) is -0.0132. The van der Waals surface area contributed by atoms with Crippen molar-refractivity contribution < 1.29 is 14.3 Å². The molecule has 0 spiro atoms. The smallest absolute Gasteiger partial charge is 0.257 e. The summed E-state index contributed by atoms with van der Waals surface area (Å²) in [6.45, 7) is 1.52. The van der Waals surface area contributed by atoms with E-state index in [1.807, 2.05) is 49.5 Å².